The summed E-state index contributed by atoms with van der Waals surface area (Å²) in [5.41, 5.74) is 0.661. The number of rotatable bonds is 6. The highest BCUT2D eigenvalue weighted by molar-refractivity contribution is 5.95. The van der Waals surface area contributed by atoms with Crippen molar-refractivity contribution >= 4 is 18.3 Å². The lowest BCUT2D eigenvalue weighted by atomic mass is 10.1. The van der Waals surface area contributed by atoms with Crippen molar-refractivity contribution in [2.75, 3.05) is 39.4 Å². The minimum atomic E-state index is 0. The molecule has 1 aliphatic heterocycles. The van der Waals surface area contributed by atoms with E-state index >= 15 is 0 Å². The molecule has 0 bridgehead atoms. The lowest BCUT2D eigenvalue weighted by Crippen LogP contribution is -2.34. The summed E-state index contributed by atoms with van der Waals surface area (Å²) in [4.78, 5) is 14.5. The fraction of sp³-hybridized carbons (Fsp3) is 0.588. The van der Waals surface area contributed by atoms with Gasteiger partial charge in [0.2, 0.25) is 0 Å². The highest BCUT2D eigenvalue weighted by Gasteiger charge is 2.19. The highest BCUT2D eigenvalue weighted by atomic mass is 35.5. The molecule has 5 nitrogen and oxygen atoms in total. The first kappa shape index (κ1) is 19.6. The maximum Gasteiger partial charge on any atom is 0.254 e. The Morgan fingerprint density at radius 3 is 2.74 bits per heavy atom. The van der Waals surface area contributed by atoms with Gasteiger partial charge in [0.25, 0.3) is 5.91 Å². The van der Waals surface area contributed by atoms with E-state index in [2.05, 4.69) is 12.2 Å². The molecule has 1 saturated heterocycles. The Morgan fingerprint density at radius 2 is 2.00 bits per heavy atom. The molecule has 2 rings (SSSR count). The zero-order valence-electron chi connectivity index (χ0n) is 14.0. The maximum absolute atomic E-state index is 12.6. The average molecular weight is 343 g/mol. The van der Waals surface area contributed by atoms with Gasteiger partial charge in [-0.15, -0.1) is 12.4 Å². The number of carbonyl (C=O) groups excluding carboxylic acids is 1. The van der Waals surface area contributed by atoms with E-state index in [0.29, 0.717) is 30.3 Å². The van der Waals surface area contributed by atoms with Gasteiger partial charge in [-0.05, 0) is 44.5 Å². The zero-order chi connectivity index (χ0) is 15.8. The number of halogens is 1. The van der Waals surface area contributed by atoms with Crippen LogP contribution < -0.4 is 14.8 Å². The van der Waals surface area contributed by atoms with Gasteiger partial charge in [0.05, 0.1) is 13.2 Å². The van der Waals surface area contributed by atoms with E-state index in [-0.39, 0.29) is 18.3 Å². The molecule has 0 aliphatic carbocycles. The van der Waals surface area contributed by atoms with Crippen LogP contribution in [0.15, 0.2) is 18.2 Å². The van der Waals surface area contributed by atoms with Crippen LogP contribution in [0.5, 0.6) is 11.5 Å². The number of benzene rings is 1. The third-order valence-corrected chi connectivity index (χ3v) is 3.58. The van der Waals surface area contributed by atoms with Crippen LogP contribution in [0.4, 0.5) is 0 Å². The van der Waals surface area contributed by atoms with Crippen molar-refractivity contribution < 1.29 is 14.3 Å². The topological polar surface area (TPSA) is 50.8 Å². The van der Waals surface area contributed by atoms with E-state index in [9.17, 15) is 4.79 Å². The van der Waals surface area contributed by atoms with Crippen molar-refractivity contribution in [3.8, 4) is 11.5 Å². The van der Waals surface area contributed by atoms with Gasteiger partial charge in [-0.3, -0.25) is 4.79 Å². The van der Waals surface area contributed by atoms with Gasteiger partial charge in [-0.2, -0.15) is 0 Å². The molecule has 0 aromatic heterocycles. The van der Waals surface area contributed by atoms with Gasteiger partial charge in [0.15, 0.2) is 11.5 Å². The number of amides is 1. The molecule has 0 atom stereocenters. The summed E-state index contributed by atoms with van der Waals surface area (Å²) in [6.07, 6.45) is 1.93. The molecule has 1 aliphatic rings. The quantitative estimate of drug-likeness (QED) is 0.863. The summed E-state index contributed by atoms with van der Waals surface area (Å²) in [5.74, 6) is 1.42. The average Bonchev–Trinajstić information content (AvgIpc) is 2.82. The molecular weight excluding hydrogens is 316 g/mol. The number of hydrogen-bond donors (Lipinski definition) is 1. The first-order chi connectivity index (χ1) is 10.8. The number of ether oxygens (including phenoxy) is 2. The Bertz CT molecular complexity index is 489. The molecule has 1 amide bonds. The molecule has 0 saturated carbocycles. The maximum atomic E-state index is 12.6. The van der Waals surface area contributed by atoms with E-state index in [1.807, 2.05) is 24.0 Å². The lowest BCUT2D eigenvalue weighted by molar-refractivity contribution is 0.0766. The number of nitrogens with zero attached hydrogens (tertiary/aromatic N) is 1. The molecule has 1 fully saturated rings. The second kappa shape index (κ2) is 10.3. The molecule has 0 spiro atoms. The molecular formula is C17H27ClN2O3. The summed E-state index contributed by atoms with van der Waals surface area (Å²) >= 11 is 0. The zero-order valence-corrected chi connectivity index (χ0v) is 14.8. The summed E-state index contributed by atoms with van der Waals surface area (Å²) in [5, 5.41) is 3.31. The van der Waals surface area contributed by atoms with Crippen LogP contribution in [0.25, 0.3) is 0 Å². The second-order valence-electron chi connectivity index (χ2n) is 5.34. The first-order valence-corrected chi connectivity index (χ1v) is 8.16. The summed E-state index contributed by atoms with van der Waals surface area (Å²) < 4.78 is 11.3. The minimum Gasteiger partial charge on any atom is -0.490 e. The normalized spacial score (nSPS) is 14.6. The summed E-state index contributed by atoms with van der Waals surface area (Å²) in [6, 6.07) is 5.47. The SMILES string of the molecule is CCCOc1ccc(C(=O)N2CCCNCC2)cc1OCC.Cl. The molecule has 1 heterocycles. The molecule has 1 N–H and O–H groups in total. The van der Waals surface area contributed by atoms with Crippen LogP contribution in [-0.2, 0) is 0 Å². The third kappa shape index (κ3) is 5.59. The van der Waals surface area contributed by atoms with Crippen molar-refractivity contribution in [1.82, 2.24) is 10.2 Å². The molecule has 130 valence electrons. The van der Waals surface area contributed by atoms with E-state index in [0.717, 1.165) is 39.0 Å². The van der Waals surface area contributed by atoms with Crippen LogP contribution in [0, 0.1) is 0 Å². The standard InChI is InChI=1S/C17H26N2O3.ClH/c1-3-12-22-15-7-6-14(13-16(15)21-4-2)17(20)19-10-5-8-18-9-11-19;/h6-7,13,18H,3-5,8-12H2,1-2H3;1H. The summed E-state index contributed by atoms with van der Waals surface area (Å²) in [6.45, 7) is 8.55. The van der Waals surface area contributed by atoms with Gasteiger partial charge >= 0.3 is 0 Å². The predicted molar refractivity (Wildman–Crippen MR) is 94.0 cm³/mol. The Labute approximate surface area is 144 Å². The van der Waals surface area contributed by atoms with Crippen LogP contribution >= 0.6 is 12.4 Å². The Morgan fingerprint density at radius 1 is 1.17 bits per heavy atom. The minimum absolute atomic E-state index is 0. The largest absolute Gasteiger partial charge is 0.490 e. The molecule has 0 unspecified atom stereocenters. The van der Waals surface area contributed by atoms with E-state index < -0.39 is 0 Å². The number of carbonyl (C=O) groups is 1. The van der Waals surface area contributed by atoms with Crippen LogP contribution in [0.3, 0.4) is 0 Å². The molecule has 1 aromatic rings. The number of nitrogens with one attached hydrogen (secondary N) is 1. The lowest BCUT2D eigenvalue weighted by Gasteiger charge is -2.21. The van der Waals surface area contributed by atoms with Crippen LogP contribution in [0.2, 0.25) is 0 Å². The smallest absolute Gasteiger partial charge is 0.254 e. The van der Waals surface area contributed by atoms with Crippen LogP contribution in [0.1, 0.15) is 37.0 Å². The van der Waals surface area contributed by atoms with Crippen molar-refractivity contribution in [3.63, 3.8) is 0 Å². The second-order valence-corrected chi connectivity index (χ2v) is 5.34. The van der Waals surface area contributed by atoms with Gasteiger partial charge in [-0.1, -0.05) is 6.92 Å². The van der Waals surface area contributed by atoms with E-state index in [4.69, 9.17) is 9.47 Å². The fourth-order valence-corrected chi connectivity index (χ4v) is 2.47. The molecule has 1 aromatic carbocycles. The fourth-order valence-electron chi connectivity index (χ4n) is 2.47. The predicted octanol–water partition coefficient (Wildman–Crippen LogP) is 2.73. The van der Waals surface area contributed by atoms with E-state index in [1.54, 1.807) is 6.07 Å². The van der Waals surface area contributed by atoms with Crippen molar-refractivity contribution in [2.24, 2.45) is 0 Å². The van der Waals surface area contributed by atoms with Gasteiger partial charge in [0, 0.05) is 25.2 Å². The van der Waals surface area contributed by atoms with Gasteiger partial charge in [-0.25, -0.2) is 0 Å². The molecule has 0 radical (unpaired) electrons. The van der Waals surface area contributed by atoms with Crippen molar-refractivity contribution in [1.29, 1.82) is 0 Å². The molecule has 6 heteroatoms. The van der Waals surface area contributed by atoms with Crippen molar-refractivity contribution in [2.45, 2.75) is 26.7 Å². The van der Waals surface area contributed by atoms with Crippen LogP contribution in [-0.4, -0.2) is 50.2 Å². The van der Waals surface area contributed by atoms with E-state index in [1.165, 1.54) is 0 Å². The van der Waals surface area contributed by atoms with Crippen molar-refractivity contribution in [3.05, 3.63) is 23.8 Å². The molecule has 23 heavy (non-hydrogen) atoms. The van der Waals surface area contributed by atoms with Gasteiger partial charge in [0.1, 0.15) is 0 Å². The summed E-state index contributed by atoms with van der Waals surface area (Å²) in [7, 11) is 0. The Kier molecular flexibility index (Phi) is 8.81. The Balaban J connectivity index is 0.00000264. The first-order valence-electron chi connectivity index (χ1n) is 8.16. The third-order valence-electron chi connectivity index (χ3n) is 3.58. The Hall–Kier alpha value is -1.46. The monoisotopic (exact) mass is 342 g/mol. The number of hydrogen-bond acceptors (Lipinski definition) is 4. The van der Waals surface area contributed by atoms with Gasteiger partial charge < -0.3 is 19.7 Å². The highest BCUT2D eigenvalue weighted by Crippen LogP contribution is 2.29.